The zero-order valence-electron chi connectivity index (χ0n) is 10.00. The van der Waals surface area contributed by atoms with Crippen LogP contribution in [-0.4, -0.2) is 29.3 Å². The molecular weight excluding hydrogens is 252 g/mol. The zero-order chi connectivity index (χ0) is 12.9. The number of carbonyl (C=O) groups excluding carboxylic acids is 2. The number of hydrogen-bond acceptors (Lipinski definition) is 2. The molecule has 0 unspecified atom stereocenters. The minimum absolute atomic E-state index is 0.0926. The Labute approximate surface area is 110 Å². The molecule has 1 saturated heterocycles. The molecule has 0 aliphatic carbocycles. The molecule has 94 valence electrons. The number of halogens is 1. The Morgan fingerprint density at radius 3 is 2.94 bits per heavy atom. The molecule has 1 aromatic rings. The minimum atomic E-state index is -0.330. The number of hydrogen-bond donors (Lipinski definition) is 1. The lowest BCUT2D eigenvalue weighted by Crippen LogP contribution is -2.40. The molecule has 1 atom stereocenters. The number of fused-ring (bicyclic) bond motifs is 2. The highest BCUT2D eigenvalue weighted by atomic mass is 35.5. The van der Waals surface area contributed by atoms with Gasteiger partial charge in [-0.25, -0.2) is 0 Å². The first-order chi connectivity index (χ1) is 8.58. The van der Waals surface area contributed by atoms with E-state index in [0.717, 1.165) is 18.4 Å². The van der Waals surface area contributed by atoms with Gasteiger partial charge in [0, 0.05) is 11.6 Å². The van der Waals surface area contributed by atoms with Crippen molar-refractivity contribution >= 4 is 29.1 Å². The standard InChI is InChI=1S/C13H13ClN2O2/c1-7-5-8(14)6-9-11(7)15-12(17)10-3-2-4-16(10)13(9)18/h5-6,10H,2-4H2,1H3,(H,15,17)/t10-/m1/s1. The fraction of sp³-hybridized carbons (Fsp3) is 0.385. The van der Waals surface area contributed by atoms with Crippen LogP contribution in [0.2, 0.25) is 5.02 Å². The maximum absolute atomic E-state index is 12.4. The van der Waals surface area contributed by atoms with Crippen molar-refractivity contribution in [3.8, 4) is 0 Å². The van der Waals surface area contributed by atoms with E-state index in [0.29, 0.717) is 22.8 Å². The molecule has 1 aromatic carbocycles. The van der Waals surface area contributed by atoms with Gasteiger partial charge in [0.05, 0.1) is 11.3 Å². The summed E-state index contributed by atoms with van der Waals surface area (Å²) in [5.41, 5.74) is 1.92. The monoisotopic (exact) mass is 264 g/mol. The summed E-state index contributed by atoms with van der Waals surface area (Å²) >= 11 is 6.00. The maximum atomic E-state index is 12.4. The van der Waals surface area contributed by atoms with Gasteiger partial charge in [0.25, 0.3) is 5.91 Å². The van der Waals surface area contributed by atoms with Gasteiger partial charge in [0.2, 0.25) is 5.91 Å². The number of anilines is 1. The van der Waals surface area contributed by atoms with Gasteiger partial charge in [-0.1, -0.05) is 11.6 Å². The van der Waals surface area contributed by atoms with Crippen molar-refractivity contribution in [2.24, 2.45) is 0 Å². The van der Waals surface area contributed by atoms with Gasteiger partial charge in [-0.2, -0.15) is 0 Å². The molecule has 5 heteroatoms. The van der Waals surface area contributed by atoms with Crippen LogP contribution >= 0.6 is 11.6 Å². The van der Waals surface area contributed by atoms with Gasteiger partial charge in [-0.3, -0.25) is 9.59 Å². The number of nitrogens with zero attached hydrogens (tertiary/aromatic N) is 1. The molecule has 2 amide bonds. The van der Waals surface area contributed by atoms with E-state index >= 15 is 0 Å². The Hall–Kier alpha value is -1.55. The van der Waals surface area contributed by atoms with E-state index < -0.39 is 0 Å². The zero-order valence-corrected chi connectivity index (χ0v) is 10.8. The Morgan fingerprint density at radius 1 is 1.39 bits per heavy atom. The molecule has 18 heavy (non-hydrogen) atoms. The summed E-state index contributed by atoms with van der Waals surface area (Å²) in [5, 5.41) is 3.38. The first-order valence-corrected chi connectivity index (χ1v) is 6.37. The molecule has 0 radical (unpaired) electrons. The van der Waals surface area contributed by atoms with Gasteiger partial charge in [0.1, 0.15) is 6.04 Å². The van der Waals surface area contributed by atoms with Crippen LogP contribution in [0, 0.1) is 6.92 Å². The van der Waals surface area contributed by atoms with Gasteiger partial charge in [-0.05, 0) is 37.5 Å². The SMILES string of the molecule is Cc1cc(Cl)cc2c1NC(=O)[C@H]1CCCN1C2=O. The topological polar surface area (TPSA) is 49.4 Å². The smallest absolute Gasteiger partial charge is 0.256 e. The van der Waals surface area contributed by atoms with Gasteiger partial charge >= 0.3 is 0 Å². The average molecular weight is 265 g/mol. The fourth-order valence-electron chi connectivity index (χ4n) is 2.72. The Bertz CT molecular complexity index is 556. The van der Waals surface area contributed by atoms with Crippen LogP contribution in [0.1, 0.15) is 28.8 Å². The molecule has 0 spiro atoms. The molecule has 0 bridgehead atoms. The summed E-state index contributed by atoms with van der Waals surface area (Å²) in [4.78, 5) is 26.2. The molecule has 1 N–H and O–H groups in total. The van der Waals surface area contributed by atoms with Crippen LogP contribution in [0.3, 0.4) is 0 Å². The van der Waals surface area contributed by atoms with Crippen molar-refractivity contribution in [2.45, 2.75) is 25.8 Å². The molecule has 4 nitrogen and oxygen atoms in total. The predicted octanol–water partition coefficient (Wildman–Crippen LogP) is 2.21. The van der Waals surface area contributed by atoms with Gasteiger partial charge < -0.3 is 10.2 Å². The number of amides is 2. The molecule has 1 fully saturated rings. The van der Waals surface area contributed by atoms with Crippen LogP contribution < -0.4 is 5.32 Å². The van der Waals surface area contributed by atoms with E-state index in [9.17, 15) is 9.59 Å². The maximum Gasteiger partial charge on any atom is 0.256 e. The summed E-state index contributed by atoms with van der Waals surface area (Å²) in [7, 11) is 0. The van der Waals surface area contributed by atoms with Crippen molar-refractivity contribution in [1.82, 2.24) is 4.90 Å². The Balaban J connectivity index is 2.17. The largest absolute Gasteiger partial charge is 0.327 e. The number of aryl methyl sites for hydroxylation is 1. The van der Waals surface area contributed by atoms with E-state index in [4.69, 9.17) is 11.6 Å². The van der Waals surface area contributed by atoms with Crippen LogP contribution in [0.4, 0.5) is 5.69 Å². The third-order valence-corrected chi connectivity index (χ3v) is 3.81. The first kappa shape index (κ1) is 11.5. The van der Waals surface area contributed by atoms with E-state index in [2.05, 4.69) is 5.32 Å². The molecule has 0 aromatic heterocycles. The lowest BCUT2D eigenvalue weighted by Gasteiger charge is -2.19. The third kappa shape index (κ3) is 1.60. The summed E-state index contributed by atoms with van der Waals surface area (Å²) in [6, 6.07) is 3.06. The Morgan fingerprint density at radius 2 is 2.17 bits per heavy atom. The van der Waals surface area contributed by atoms with Crippen LogP contribution in [0.25, 0.3) is 0 Å². The van der Waals surface area contributed by atoms with E-state index in [1.165, 1.54) is 0 Å². The lowest BCUT2D eigenvalue weighted by atomic mass is 10.1. The van der Waals surface area contributed by atoms with Gasteiger partial charge in [0.15, 0.2) is 0 Å². The fourth-order valence-corrected chi connectivity index (χ4v) is 2.99. The number of carbonyl (C=O) groups is 2. The van der Waals surface area contributed by atoms with Crippen molar-refractivity contribution < 1.29 is 9.59 Å². The van der Waals surface area contributed by atoms with Crippen LogP contribution in [0.5, 0.6) is 0 Å². The normalized spacial score (nSPS) is 22.3. The lowest BCUT2D eigenvalue weighted by molar-refractivity contribution is -0.119. The second-order valence-corrected chi connectivity index (χ2v) is 5.23. The highest BCUT2D eigenvalue weighted by Crippen LogP contribution is 2.32. The predicted molar refractivity (Wildman–Crippen MR) is 68.9 cm³/mol. The highest BCUT2D eigenvalue weighted by Gasteiger charge is 2.38. The average Bonchev–Trinajstić information content (AvgIpc) is 2.76. The number of benzene rings is 1. The quantitative estimate of drug-likeness (QED) is 0.781. The van der Waals surface area contributed by atoms with E-state index in [1.807, 2.05) is 6.92 Å². The minimum Gasteiger partial charge on any atom is -0.327 e. The van der Waals surface area contributed by atoms with Gasteiger partial charge in [-0.15, -0.1) is 0 Å². The van der Waals surface area contributed by atoms with E-state index in [-0.39, 0.29) is 17.9 Å². The molecule has 2 heterocycles. The molecule has 3 rings (SSSR count). The van der Waals surface area contributed by atoms with Crippen LogP contribution in [-0.2, 0) is 4.79 Å². The summed E-state index contributed by atoms with van der Waals surface area (Å²) in [6.45, 7) is 2.48. The second-order valence-electron chi connectivity index (χ2n) is 4.79. The van der Waals surface area contributed by atoms with Crippen molar-refractivity contribution in [1.29, 1.82) is 0 Å². The number of rotatable bonds is 0. The summed E-state index contributed by atoms with van der Waals surface area (Å²) < 4.78 is 0. The number of nitrogens with one attached hydrogen (secondary N) is 1. The molecule has 2 aliphatic heterocycles. The van der Waals surface area contributed by atoms with Crippen molar-refractivity contribution in [2.75, 3.05) is 11.9 Å². The highest BCUT2D eigenvalue weighted by molar-refractivity contribution is 6.31. The van der Waals surface area contributed by atoms with Crippen molar-refractivity contribution in [3.63, 3.8) is 0 Å². The molecule has 0 saturated carbocycles. The second kappa shape index (κ2) is 3.99. The Kier molecular flexibility index (Phi) is 2.55. The third-order valence-electron chi connectivity index (χ3n) is 3.60. The summed E-state index contributed by atoms with van der Waals surface area (Å²) in [5.74, 6) is -0.193. The first-order valence-electron chi connectivity index (χ1n) is 6.00. The summed E-state index contributed by atoms with van der Waals surface area (Å²) in [6.07, 6.45) is 1.61. The van der Waals surface area contributed by atoms with Crippen LogP contribution in [0.15, 0.2) is 12.1 Å². The molecule has 2 aliphatic rings. The molecular formula is C13H13ClN2O2. The van der Waals surface area contributed by atoms with Crippen molar-refractivity contribution in [3.05, 3.63) is 28.3 Å². The van der Waals surface area contributed by atoms with E-state index in [1.54, 1.807) is 17.0 Å².